The molecule has 14 heavy (non-hydrogen) atoms. The van der Waals surface area contributed by atoms with E-state index in [4.69, 9.17) is 10.8 Å². The molecule has 0 N–H and O–H groups in total. The average molecular weight is 183 g/mol. The Hall–Kier alpha value is -2.49. The Bertz CT molecular complexity index is 468. The van der Waals surface area contributed by atoms with Crippen molar-refractivity contribution in [3.8, 4) is 17.9 Å². The van der Waals surface area contributed by atoms with E-state index in [0.29, 0.717) is 11.3 Å². The average Bonchev–Trinajstić information content (AvgIpc) is 2.25. The molecule has 0 aromatic carbocycles. The number of hydrogen-bond donors (Lipinski definition) is 0. The zero-order valence-electron chi connectivity index (χ0n) is 7.18. The third kappa shape index (κ3) is 2.86. The molecule has 0 spiro atoms. The summed E-state index contributed by atoms with van der Waals surface area (Å²) < 4.78 is 0. The SMILES string of the molecule is N#Cc1ccnc(C#CCN=[N+]=[N-])c1. The predicted octanol–water partition coefficient (Wildman–Crippen LogP) is 1.62. The highest BCUT2D eigenvalue weighted by Gasteiger charge is 1.90. The van der Waals surface area contributed by atoms with Gasteiger partial charge in [0.05, 0.1) is 18.2 Å². The maximum absolute atomic E-state index is 8.58. The number of aromatic nitrogens is 1. The number of pyridine rings is 1. The van der Waals surface area contributed by atoms with E-state index in [1.54, 1.807) is 12.1 Å². The second kappa shape index (κ2) is 5.21. The summed E-state index contributed by atoms with van der Waals surface area (Å²) in [6.45, 7) is 0.106. The van der Waals surface area contributed by atoms with Crippen molar-refractivity contribution >= 4 is 0 Å². The molecule has 0 aliphatic rings. The molecule has 66 valence electrons. The van der Waals surface area contributed by atoms with Crippen LogP contribution in [0.15, 0.2) is 23.4 Å². The highest BCUT2D eigenvalue weighted by atomic mass is 15.1. The fraction of sp³-hybridized carbons (Fsp3) is 0.111. The fourth-order valence-corrected chi connectivity index (χ4v) is 0.766. The fourth-order valence-electron chi connectivity index (χ4n) is 0.766. The van der Waals surface area contributed by atoms with Gasteiger partial charge in [0, 0.05) is 11.1 Å². The molecule has 0 aliphatic carbocycles. The van der Waals surface area contributed by atoms with Crippen molar-refractivity contribution in [3.05, 3.63) is 40.0 Å². The third-order valence-electron chi connectivity index (χ3n) is 1.32. The van der Waals surface area contributed by atoms with Crippen molar-refractivity contribution in [2.45, 2.75) is 0 Å². The summed E-state index contributed by atoms with van der Waals surface area (Å²) in [6.07, 6.45) is 1.51. The molecule has 0 radical (unpaired) electrons. The van der Waals surface area contributed by atoms with E-state index in [0.717, 1.165) is 0 Å². The number of nitrogens with zero attached hydrogens (tertiary/aromatic N) is 5. The molecule has 0 aliphatic heterocycles. The number of rotatable bonds is 1. The highest BCUT2D eigenvalue weighted by Crippen LogP contribution is 1.97. The van der Waals surface area contributed by atoms with Crippen molar-refractivity contribution < 1.29 is 0 Å². The normalized spacial score (nSPS) is 7.64. The van der Waals surface area contributed by atoms with Gasteiger partial charge in [-0.25, -0.2) is 4.98 Å². The van der Waals surface area contributed by atoms with Crippen LogP contribution in [0.4, 0.5) is 0 Å². The van der Waals surface area contributed by atoms with Crippen molar-refractivity contribution in [2.24, 2.45) is 5.11 Å². The minimum atomic E-state index is 0.106. The molecule has 0 saturated heterocycles. The van der Waals surface area contributed by atoms with Gasteiger partial charge in [0.25, 0.3) is 0 Å². The van der Waals surface area contributed by atoms with E-state index in [1.807, 2.05) is 6.07 Å². The summed E-state index contributed by atoms with van der Waals surface area (Å²) in [5.41, 5.74) is 8.98. The zero-order valence-corrected chi connectivity index (χ0v) is 7.18. The summed E-state index contributed by atoms with van der Waals surface area (Å²) in [7, 11) is 0. The Kier molecular flexibility index (Phi) is 3.57. The molecule has 0 saturated carbocycles. The van der Waals surface area contributed by atoms with Gasteiger partial charge >= 0.3 is 0 Å². The first kappa shape index (κ1) is 9.60. The number of hydrogen-bond acceptors (Lipinski definition) is 3. The molecule has 0 unspecified atom stereocenters. The largest absolute Gasteiger partial charge is 0.248 e. The van der Waals surface area contributed by atoms with Crippen molar-refractivity contribution in [1.82, 2.24) is 4.98 Å². The lowest BCUT2D eigenvalue weighted by molar-refractivity contribution is 1.24. The van der Waals surface area contributed by atoms with Crippen LogP contribution in [0.1, 0.15) is 11.3 Å². The first-order chi connectivity index (χ1) is 6.86. The summed E-state index contributed by atoms with van der Waals surface area (Å²) in [5.74, 6) is 5.29. The summed E-state index contributed by atoms with van der Waals surface area (Å²) in [5, 5.41) is 11.8. The van der Waals surface area contributed by atoms with Crippen LogP contribution in [0.5, 0.6) is 0 Å². The van der Waals surface area contributed by atoms with E-state index in [-0.39, 0.29) is 6.54 Å². The zero-order chi connectivity index (χ0) is 10.2. The van der Waals surface area contributed by atoms with Gasteiger partial charge in [-0.3, -0.25) is 0 Å². The van der Waals surface area contributed by atoms with E-state index in [1.165, 1.54) is 6.20 Å². The lowest BCUT2D eigenvalue weighted by Gasteiger charge is -1.88. The molecule has 1 aromatic rings. The van der Waals surface area contributed by atoms with Crippen LogP contribution < -0.4 is 0 Å². The highest BCUT2D eigenvalue weighted by molar-refractivity contribution is 5.36. The van der Waals surface area contributed by atoms with Crippen LogP contribution >= 0.6 is 0 Å². The van der Waals surface area contributed by atoms with Gasteiger partial charge in [0.15, 0.2) is 0 Å². The lowest BCUT2D eigenvalue weighted by atomic mass is 10.2. The van der Waals surface area contributed by atoms with Gasteiger partial charge in [-0.15, -0.1) is 0 Å². The van der Waals surface area contributed by atoms with Gasteiger partial charge in [-0.2, -0.15) is 5.26 Å². The molecule has 0 fully saturated rings. The summed E-state index contributed by atoms with van der Waals surface area (Å²) >= 11 is 0. The molecular weight excluding hydrogens is 178 g/mol. The molecular formula is C9H5N5. The van der Waals surface area contributed by atoms with Crippen LogP contribution in [-0.4, -0.2) is 11.5 Å². The molecule has 5 nitrogen and oxygen atoms in total. The third-order valence-corrected chi connectivity index (χ3v) is 1.32. The number of azide groups is 1. The maximum atomic E-state index is 8.58. The van der Waals surface area contributed by atoms with Crippen LogP contribution in [0.25, 0.3) is 10.4 Å². The van der Waals surface area contributed by atoms with Gasteiger partial charge in [-0.1, -0.05) is 11.0 Å². The molecule has 0 atom stereocenters. The predicted molar refractivity (Wildman–Crippen MR) is 49.8 cm³/mol. The standard InChI is InChI=1S/C9H5N5/c10-7-8-3-5-12-9(6-8)2-1-4-13-14-11/h3,5-6H,4H2. The first-order valence-electron chi connectivity index (χ1n) is 3.72. The smallest absolute Gasteiger partial charge is 0.114 e. The maximum Gasteiger partial charge on any atom is 0.114 e. The number of nitriles is 1. The molecule has 0 amide bonds. The van der Waals surface area contributed by atoms with Gasteiger partial charge < -0.3 is 0 Å². The Balaban J connectivity index is 2.80. The Morgan fingerprint density at radius 2 is 2.50 bits per heavy atom. The van der Waals surface area contributed by atoms with Crippen LogP contribution in [-0.2, 0) is 0 Å². The molecule has 1 rings (SSSR count). The molecule has 1 heterocycles. The minimum Gasteiger partial charge on any atom is -0.248 e. The Morgan fingerprint density at radius 1 is 1.64 bits per heavy atom. The van der Waals surface area contributed by atoms with Crippen molar-refractivity contribution in [3.63, 3.8) is 0 Å². The quantitative estimate of drug-likeness (QED) is 0.286. The van der Waals surface area contributed by atoms with E-state index < -0.39 is 0 Å². The molecule has 5 heteroatoms. The van der Waals surface area contributed by atoms with Crippen LogP contribution in [0, 0.1) is 23.2 Å². The van der Waals surface area contributed by atoms with E-state index >= 15 is 0 Å². The summed E-state index contributed by atoms with van der Waals surface area (Å²) in [6, 6.07) is 5.15. The first-order valence-corrected chi connectivity index (χ1v) is 3.72. The molecule has 1 aromatic heterocycles. The molecule has 0 bridgehead atoms. The minimum absolute atomic E-state index is 0.106. The Labute approximate surface area is 80.6 Å². The van der Waals surface area contributed by atoms with Gasteiger partial charge in [-0.05, 0) is 23.6 Å². The van der Waals surface area contributed by atoms with Crippen molar-refractivity contribution in [2.75, 3.05) is 6.54 Å². The van der Waals surface area contributed by atoms with Crippen molar-refractivity contribution in [1.29, 1.82) is 5.26 Å². The monoisotopic (exact) mass is 183 g/mol. The lowest BCUT2D eigenvalue weighted by Crippen LogP contribution is -1.83. The topological polar surface area (TPSA) is 85.4 Å². The second-order valence-corrected chi connectivity index (χ2v) is 2.23. The van der Waals surface area contributed by atoms with E-state index in [2.05, 4.69) is 26.9 Å². The summed E-state index contributed by atoms with van der Waals surface area (Å²) in [4.78, 5) is 6.48. The van der Waals surface area contributed by atoms with E-state index in [9.17, 15) is 0 Å². The second-order valence-electron chi connectivity index (χ2n) is 2.23. The van der Waals surface area contributed by atoms with Crippen LogP contribution in [0.2, 0.25) is 0 Å². The van der Waals surface area contributed by atoms with Crippen LogP contribution in [0.3, 0.4) is 0 Å². The van der Waals surface area contributed by atoms with Gasteiger partial charge in [0.2, 0.25) is 0 Å². The Morgan fingerprint density at radius 3 is 3.21 bits per heavy atom. The van der Waals surface area contributed by atoms with Gasteiger partial charge in [0.1, 0.15) is 5.69 Å².